The van der Waals surface area contributed by atoms with Gasteiger partial charge in [0.1, 0.15) is 11.4 Å². The number of pyridine rings is 2. The average Bonchev–Trinajstić information content (AvgIpc) is 2.70. The number of carboxylic acid groups (broad SMARTS) is 1. The summed E-state index contributed by atoms with van der Waals surface area (Å²) in [5, 5.41) is 14.4. The van der Waals surface area contributed by atoms with Gasteiger partial charge >= 0.3 is 12.0 Å². The Balaban J connectivity index is 2.04. The molecule has 2 amide bonds. The van der Waals surface area contributed by atoms with Gasteiger partial charge in [-0.05, 0) is 36.8 Å². The summed E-state index contributed by atoms with van der Waals surface area (Å²) in [5.41, 5.74) is 0.00507. The summed E-state index contributed by atoms with van der Waals surface area (Å²) >= 11 is 0. The van der Waals surface area contributed by atoms with Crippen LogP contribution in [-0.2, 0) is 6.54 Å². The van der Waals surface area contributed by atoms with Gasteiger partial charge < -0.3 is 15.0 Å². The average molecular weight is 416 g/mol. The molecule has 2 aromatic heterocycles. The maximum absolute atomic E-state index is 12.9. The quantitative estimate of drug-likeness (QED) is 0.571. The van der Waals surface area contributed by atoms with Gasteiger partial charge in [0.2, 0.25) is 5.43 Å². The molecule has 3 rings (SSSR count). The van der Waals surface area contributed by atoms with Gasteiger partial charge in [0.15, 0.2) is 0 Å². The highest BCUT2D eigenvalue weighted by molar-refractivity contribution is 5.94. The lowest BCUT2D eigenvalue weighted by atomic mass is 10.0. The number of amides is 2. The van der Waals surface area contributed by atoms with Gasteiger partial charge in [-0.25, -0.2) is 23.4 Å². The standard InChI is InChI=1S/C20H18F2N4O4/c1-2-23-20(30)25-17-6-4-12(8-24-17)11-3-5-15-13(7-11)18(27)14(19(28)29)9-26(15)10-16(21)22/h3-9,16H,2,10H2,1H3,(H,28,29)(H2,23,24,25,30). The molecule has 0 atom stereocenters. The number of nitrogens with zero attached hydrogens (tertiary/aromatic N) is 2. The van der Waals surface area contributed by atoms with Gasteiger partial charge in [-0.15, -0.1) is 0 Å². The van der Waals surface area contributed by atoms with Crippen molar-refractivity contribution in [2.45, 2.75) is 19.9 Å². The summed E-state index contributed by atoms with van der Waals surface area (Å²) in [5.74, 6) is -1.17. The van der Waals surface area contributed by atoms with Gasteiger partial charge in [-0.3, -0.25) is 10.1 Å². The molecule has 8 nitrogen and oxygen atoms in total. The van der Waals surface area contributed by atoms with Crippen molar-refractivity contribution in [3.8, 4) is 11.1 Å². The van der Waals surface area contributed by atoms with E-state index < -0.39 is 36.0 Å². The molecule has 0 unspecified atom stereocenters. The van der Waals surface area contributed by atoms with Gasteiger partial charge in [-0.1, -0.05) is 6.07 Å². The molecule has 1 aromatic carbocycles. The second-order valence-corrected chi connectivity index (χ2v) is 6.37. The molecule has 0 saturated heterocycles. The zero-order valence-electron chi connectivity index (χ0n) is 15.9. The number of carboxylic acids is 1. The first-order valence-corrected chi connectivity index (χ1v) is 9.00. The van der Waals surface area contributed by atoms with Gasteiger partial charge in [0.25, 0.3) is 6.43 Å². The second kappa shape index (κ2) is 8.68. The van der Waals surface area contributed by atoms with Crippen LogP contribution in [0.1, 0.15) is 17.3 Å². The minimum absolute atomic E-state index is 0.0116. The fourth-order valence-electron chi connectivity index (χ4n) is 2.99. The third-order valence-corrected chi connectivity index (χ3v) is 4.32. The van der Waals surface area contributed by atoms with E-state index in [1.807, 2.05) is 0 Å². The van der Waals surface area contributed by atoms with Crippen LogP contribution in [-0.4, -0.2) is 39.6 Å². The highest BCUT2D eigenvalue weighted by atomic mass is 19.3. The number of hydrogen-bond acceptors (Lipinski definition) is 4. The highest BCUT2D eigenvalue weighted by Gasteiger charge is 2.17. The Bertz CT molecular complexity index is 1160. The summed E-state index contributed by atoms with van der Waals surface area (Å²) in [7, 11) is 0. The van der Waals surface area contributed by atoms with Gasteiger partial charge in [0.05, 0.1) is 12.1 Å². The molecular weight excluding hydrogens is 398 g/mol. The number of anilines is 1. The predicted molar refractivity (Wildman–Crippen MR) is 107 cm³/mol. The molecule has 0 bridgehead atoms. The number of nitrogens with one attached hydrogen (secondary N) is 2. The molecule has 156 valence electrons. The zero-order chi connectivity index (χ0) is 21.8. The van der Waals surface area contributed by atoms with Crippen molar-refractivity contribution in [1.29, 1.82) is 0 Å². The first-order valence-electron chi connectivity index (χ1n) is 9.00. The minimum Gasteiger partial charge on any atom is -0.477 e. The van der Waals surface area contributed by atoms with Crippen LogP contribution in [0.5, 0.6) is 0 Å². The van der Waals surface area contributed by atoms with Crippen LogP contribution in [0, 0.1) is 0 Å². The van der Waals surface area contributed by atoms with Crippen molar-refractivity contribution < 1.29 is 23.5 Å². The van der Waals surface area contributed by atoms with Gasteiger partial charge in [-0.2, -0.15) is 0 Å². The van der Waals surface area contributed by atoms with E-state index in [1.165, 1.54) is 18.3 Å². The Morgan fingerprint density at radius 2 is 1.93 bits per heavy atom. The highest BCUT2D eigenvalue weighted by Crippen LogP contribution is 2.24. The lowest BCUT2D eigenvalue weighted by Gasteiger charge is -2.13. The van der Waals surface area contributed by atoms with E-state index >= 15 is 0 Å². The predicted octanol–water partition coefficient (Wildman–Crippen LogP) is 3.17. The van der Waals surface area contributed by atoms with Crippen molar-refractivity contribution in [2.75, 3.05) is 11.9 Å². The number of alkyl halides is 2. The summed E-state index contributed by atoms with van der Waals surface area (Å²) in [6.07, 6.45) is -0.310. The number of halogens is 2. The Morgan fingerprint density at radius 3 is 2.53 bits per heavy atom. The van der Waals surface area contributed by atoms with Crippen molar-refractivity contribution in [3.05, 3.63) is 58.5 Å². The molecule has 0 radical (unpaired) electrons. The lowest BCUT2D eigenvalue weighted by Crippen LogP contribution is -2.28. The number of carbonyl (C=O) groups is 2. The molecule has 0 spiro atoms. The van der Waals surface area contributed by atoms with Crippen molar-refractivity contribution >= 4 is 28.7 Å². The summed E-state index contributed by atoms with van der Waals surface area (Å²) < 4.78 is 26.9. The van der Waals surface area contributed by atoms with E-state index in [1.54, 1.807) is 25.1 Å². The van der Waals surface area contributed by atoms with Crippen molar-refractivity contribution in [3.63, 3.8) is 0 Å². The van der Waals surface area contributed by atoms with Crippen molar-refractivity contribution in [1.82, 2.24) is 14.9 Å². The molecule has 0 saturated carbocycles. The number of rotatable bonds is 6. The largest absolute Gasteiger partial charge is 0.477 e. The molecule has 0 aliphatic carbocycles. The number of hydrogen-bond donors (Lipinski definition) is 3. The van der Waals surface area contributed by atoms with Crippen LogP contribution in [0.4, 0.5) is 19.4 Å². The molecule has 30 heavy (non-hydrogen) atoms. The Hall–Kier alpha value is -3.82. The van der Waals surface area contributed by atoms with Crippen LogP contribution >= 0.6 is 0 Å². The van der Waals surface area contributed by atoms with Crippen LogP contribution in [0.3, 0.4) is 0 Å². The third-order valence-electron chi connectivity index (χ3n) is 4.32. The molecule has 2 heterocycles. The summed E-state index contributed by atoms with van der Waals surface area (Å²) in [4.78, 5) is 39.6. The number of aromatic carboxylic acids is 1. The van der Waals surface area contributed by atoms with Gasteiger partial charge in [0, 0.05) is 29.9 Å². The first-order chi connectivity index (χ1) is 14.3. The topological polar surface area (TPSA) is 113 Å². The smallest absolute Gasteiger partial charge is 0.341 e. The number of aromatic nitrogens is 2. The Kier molecular flexibility index (Phi) is 6.05. The van der Waals surface area contributed by atoms with Crippen LogP contribution in [0.2, 0.25) is 0 Å². The fraction of sp³-hybridized carbons (Fsp3) is 0.200. The molecule has 0 aliphatic rings. The second-order valence-electron chi connectivity index (χ2n) is 6.37. The molecule has 3 N–H and O–H groups in total. The molecule has 10 heteroatoms. The maximum atomic E-state index is 12.9. The van der Waals surface area contributed by atoms with E-state index in [0.717, 1.165) is 10.8 Å². The lowest BCUT2D eigenvalue weighted by molar-refractivity contribution is 0.0693. The van der Waals surface area contributed by atoms with E-state index in [-0.39, 0.29) is 10.9 Å². The summed E-state index contributed by atoms with van der Waals surface area (Å²) in [6, 6.07) is 7.38. The Labute approximate surface area is 169 Å². The molecule has 0 aliphatic heterocycles. The fourth-order valence-corrected chi connectivity index (χ4v) is 2.99. The van der Waals surface area contributed by atoms with E-state index in [2.05, 4.69) is 15.6 Å². The number of benzene rings is 1. The molecular formula is C20H18F2N4O4. The number of carbonyl (C=O) groups excluding carboxylic acids is 1. The Morgan fingerprint density at radius 1 is 1.20 bits per heavy atom. The van der Waals surface area contributed by atoms with Crippen LogP contribution in [0.25, 0.3) is 22.0 Å². The van der Waals surface area contributed by atoms with E-state index in [0.29, 0.717) is 23.5 Å². The number of urea groups is 1. The summed E-state index contributed by atoms with van der Waals surface area (Å²) in [6.45, 7) is 1.50. The maximum Gasteiger partial charge on any atom is 0.341 e. The first kappa shape index (κ1) is 20.9. The number of fused-ring (bicyclic) bond motifs is 1. The molecule has 0 fully saturated rings. The van der Waals surface area contributed by atoms with Crippen molar-refractivity contribution in [2.24, 2.45) is 0 Å². The SMILES string of the molecule is CCNC(=O)Nc1ccc(-c2ccc3c(c2)c(=O)c(C(=O)O)cn3CC(F)F)cn1. The van der Waals surface area contributed by atoms with E-state index in [9.17, 15) is 28.3 Å². The third kappa shape index (κ3) is 4.43. The minimum atomic E-state index is -2.72. The van der Waals surface area contributed by atoms with Crippen LogP contribution < -0.4 is 16.1 Å². The molecule has 3 aromatic rings. The normalized spacial score (nSPS) is 10.9. The monoisotopic (exact) mass is 416 g/mol. The van der Waals surface area contributed by atoms with Crippen LogP contribution in [0.15, 0.2) is 47.5 Å². The van der Waals surface area contributed by atoms with E-state index in [4.69, 9.17) is 0 Å². The zero-order valence-corrected chi connectivity index (χ0v) is 15.9.